The van der Waals surface area contributed by atoms with Crippen molar-refractivity contribution >= 4 is 11.7 Å². The van der Waals surface area contributed by atoms with E-state index in [0.717, 1.165) is 43.9 Å². The number of carbonyl (C=O) groups excluding carboxylic acids is 1. The molecule has 0 saturated carbocycles. The van der Waals surface area contributed by atoms with E-state index in [4.69, 9.17) is 4.74 Å². The van der Waals surface area contributed by atoms with E-state index in [9.17, 15) is 4.79 Å². The van der Waals surface area contributed by atoms with Gasteiger partial charge in [0.2, 0.25) is 5.91 Å². The Morgan fingerprint density at radius 2 is 2.13 bits per heavy atom. The summed E-state index contributed by atoms with van der Waals surface area (Å²) >= 11 is 0. The van der Waals surface area contributed by atoms with Gasteiger partial charge in [-0.05, 0) is 37.8 Å². The molecule has 6 nitrogen and oxygen atoms in total. The van der Waals surface area contributed by atoms with Gasteiger partial charge in [0.15, 0.2) is 5.82 Å². The summed E-state index contributed by atoms with van der Waals surface area (Å²) in [7, 11) is 0. The maximum atomic E-state index is 12.0. The first-order valence-corrected chi connectivity index (χ1v) is 8.56. The molecule has 1 fully saturated rings. The summed E-state index contributed by atoms with van der Waals surface area (Å²) in [5.74, 6) is 1.30. The minimum absolute atomic E-state index is 0.0265. The lowest BCUT2D eigenvalue weighted by Crippen LogP contribution is -2.42. The van der Waals surface area contributed by atoms with Gasteiger partial charge in [0.05, 0.1) is 11.7 Å². The lowest BCUT2D eigenvalue weighted by Gasteiger charge is -2.19. The predicted octanol–water partition coefficient (Wildman–Crippen LogP) is 1.93. The standard InChI is InChI=1S/C17H28N4O2/c1-4-6-14-10-21(16-8-7-13(3)19-20-16)11-15(14)18-17(22)12-23-9-5-2/h7-8,14-15H,4-6,9-12H2,1-3H3,(H,18,22)/t14-,15-/m1/s1. The Bertz CT molecular complexity index is 492. The molecular formula is C17H28N4O2. The Balaban J connectivity index is 1.94. The molecule has 2 atom stereocenters. The molecule has 23 heavy (non-hydrogen) atoms. The number of nitrogens with zero attached hydrogens (tertiary/aromatic N) is 3. The fourth-order valence-electron chi connectivity index (χ4n) is 3.00. The van der Waals surface area contributed by atoms with Crippen LogP contribution in [0.25, 0.3) is 0 Å². The number of amides is 1. The van der Waals surface area contributed by atoms with Crippen LogP contribution in [0.1, 0.15) is 38.8 Å². The Morgan fingerprint density at radius 3 is 2.78 bits per heavy atom. The van der Waals surface area contributed by atoms with Crippen LogP contribution in [0.5, 0.6) is 0 Å². The average molecular weight is 320 g/mol. The topological polar surface area (TPSA) is 67.3 Å². The number of ether oxygens (including phenoxy) is 1. The molecule has 2 rings (SSSR count). The van der Waals surface area contributed by atoms with E-state index in [-0.39, 0.29) is 18.6 Å². The lowest BCUT2D eigenvalue weighted by molar-refractivity contribution is -0.126. The number of anilines is 1. The van der Waals surface area contributed by atoms with Crippen molar-refractivity contribution in [1.29, 1.82) is 0 Å². The third kappa shape index (κ3) is 5.16. The van der Waals surface area contributed by atoms with Crippen LogP contribution in [-0.2, 0) is 9.53 Å². The van der Waals surface area contributed by atoms with Gasteiger partial charge in [0, 0.05) is 19.7 Å². The van der Waals surface area contributed by atoms with Crippen LogP contribution in [-0.4, -0.2) is 48.4 Å². The van der Waals surface area contributed by atoms with E-state index in [2.05, 4.69) is 27.3 Å². The van der Waals surface area contributed by atoms with Crippen molar-refractivity contribution in [1.82, 2.24) is 15.5 Å². The van der Waals surface area contributed by atoms with Gasteiger partial charge in [0.25, 0.3) is 0 Å². The molecule has 6 heteroatoms. The Labute approximate surface area is 138 Å². The van der Waals surface area contributed by atoms with Crippen molar-refractivity contribution in [2.24, 2.45) is 5.92 Å². The smallest absolute Gasteiger partial charge is 0.246 e. The summed E-state index contributed by atoms with van der Waals surface area (Å²) in [6, 6.07) is 4.12. The van der Waals surface area contributed by atoms with Gasteiger partial charge < -0.3 is 15.0 Å². The molecule has 1 aromatic rings. The highest BCUT2D eigenvalue weighted by Crippen LogP contribution is 2.25. The summed E-state index contributed by atoms with van der Waals surface area (Å²) in [6.45, 7) is 8.60. The lowest BCUT2D eigenvalue weighted by atomic mass is 9.98. The molecule has 2 heterocycles. The van der Waals surface area contributed by atoms with Crippen molar-refractivity contribution in [3.05, 3.63) is 17.8 Å². The van der Waals surface area contributed by atoms with E-state index in [1.54, 1.807) is 0 Å². The zero-order valence-electron chi connectivity index (χ0n) is 14.4. The number of carbonyl (C=O) groups is 1. The van der Waals surface area contributed by atoms with Crippen LogP contribution in [0, 0.1) is 12.8 Å². The van der Waals surface area contributed by atoms with E-state index >= 15 is 0 Å². The summed E-state index contributed by atoms with van der Waals surface area (Å²) in [5.41, 5.74) is 0.913. The van der Waals surface area contributed by atoms with Gasteiger partial charge in [0.1, 0.15) is 6.61 Å². The van der Waals surface area contributed by atoms with Crippen LogP contribution in [0.3, 0.4) is 0 Å². The first-order chi connectivity index (χ1) is 11.1. The second-order valence-electron chi connectivity index (χ2n) is 6.21. The summed E-state index contributed by atoms with van der Waals surface area (Å²) < 4.78 is 5.33. The maximum Gasteiger partial charge on any atom is 0.246 e. The summed E-state index contributed by atoms with van der Waals surface area (Å²) in [6.07, 6.45) is 3.13. The molecular weight excluding hydrogens is 292 g/mol. The molecule has 0 bridgehead atoms. The number of nitrogens with one attached hydrogen (secondary N) is 1. The average Bonchev–Trinajstić information content (AvgIpc) is 2.91. The predicted molar refractivity (Wildman–Crippen MR) is 90.4 cm³/mol. The molecule has 1 aliphatic heterocycles. The summed E-state index contributed by atoms with van der Waals surface area (Å²) in [4.78, 5) is 14.2. The zero-order chi connectivity index (χ0) is 16.7. The van der Waals surface area contributed by atoms with Crippen molar-refractivity contribution in [2.75, 3.05) is 31.2 Å². The summed E-state index contributed by atoms with van der Waals surface area (Å²) in [5, 5.41) is 11.5. The highest BCUT2D eigenvalue weighted by Gasteiger charge is 2.33. The number of aryl methyl sites for hydroxylation is 1. The van der Waals surface area contributed by atoms with Gasteiger partial charge in [-0.15, -0.1) is 5.10 Å². The van der Waals surface area contributed by atoms with E-state index < -0.39 is 0 Å². The quantitative estimate of drug-likeness (QED) is 0.741. The van der Waals surface area contributed by atoms with Gasteiger partial charge in [-0.1, -0.05) is 20.3 Å². The molecule has 1 aliphatic rings. The SMILES string of the molecule is CCCOCC(=O)N[C@@H]1CN(c2ccc(C)nn2)C[C@H]1CCC. The second-order valence-corrected chi connectivity index (χ2v) is 6.21. The minimum Gasteiger partial charge on any atom is -0.372 e. The van der Waals surface area contributed by atoms with E-state index in [0.29, 0.717) is 12.5 Å². The van der Waals surface area contributed by atoms with Crippen molar-refractivity contribution in [3.63, 3.8) is 0 Å². The normalized spacial score (nSPS) is 20.7. The first kappa shape index (κ1) is 17.7. The van der Waals surface area contributed by atoms with Gasteiger partial charge in [-0.2, -0.15) is 5.10 Å². The number of hydrogen-bond donors (Lipinski definition) is 1. The zero-order valence-corrected chi connectivity index (χ0v) is 14.4. The molecule has 1 aromatic heterocycles. The number of hydrogen-bond acceptors (Lipinski definition) is 5. The van der Waals surface area contributed by atoms with E-state index in [1.807, 2.05) is 26.0 Å². The van der Waals surface area contributed by atoms with E-state index in [1.165, 1.54) is 0 Å². The Morgan fingerprint density at radius 1 is 1.30 bits per heavy atom. The molecule has 0 aromatic carbocycles. The van der Waals surface area contributed by atoms with Crippen molar-refractivity contribution in [2.45, 2.75) is 46.1 Å². The van der Waals surface area contributed by atoms with Crippen LogP contribution in [0.4, 0.5) is 5.82 Å². The first-order valence-electron chi connectivity index (χ1n) is 8.56. The van der Waals surface area contributed by atoms with Crippen LogP contribution < -0.4 is 10.2 Å². The number of aromatic nitrogens is 2. The highest BCUT2D eigenvalue weighted by atomic mass is 16.5. The molecule has 1 N–H and O–H groups in total. The molecule has 1 amide bonds. The second kappa shape index (κ2) is 8.82. The molecule has 128 valence electrons. The number of rotatable bonds is 8. The minimum atomic E-state index is -0.0265. The Kier molecular flexibility index (Phi) is 6.77. The van der Waals surface area contributed by atoms with Gasteiger partial charge in [-0.3, -0.25) is 4.79 Å². The van der Waals surface area contributed by atoms with Crippen LogP contribution in [0.2, 0.25) is 0 Å². The fourth-order valence-corrected chi connectivity index (χ4v) is 3.00. The maximum absolute atomic E-state index is 12.0. The largest absolute Gasteiger partial charge is 0.372 e. The molecule has 0 radical (unpaired) electrons. The third-order valence-corrected chi connectivity index (χ3v) is 4.14. The molecule has 0 spiro atoms. The third-order valence-electron chi connectivity index (χ3n) is 4.14. The highest BCUT2D eigenvalue weighted by molar-refractivity contribution is 5.77. The monoisotopic (exact) mass is 320 g/mol. The van der Waals surface area contributed by atoms with Gasteiger partial charge in [-0.25, -0.2) is 0 Å². The molecule has 0 aliphatic carbocycles. The van der Waals surface area contributed by atoms with Crippen molar-refractivity contribution in [3.8, 4) is 0 Å². The Hall–Kier alpha value is -1.69. The molecule has 0 unspecified atom stereocenters. The van der Waals surface area contributed by atoms with Crippen molar-refractivity contribution < 1.29 is 9.53 Å². The van der Waals surface area contributed by atoms with Gasteiger partial charge >= 0.3 is 0 Å². The molecule has 1 saturated heterocycles. The van der Waals surface area contributed by atoms with Crippen LogP contribution >= 0.6 is 0 Å². The van der Waals surface area contributed by atoms with Crippen LogP contribution in [0.15, 0.2) is 12.1 Å². The fraction of sp³-hybridized carbons (Fsp3) is 0.706.